The molecule has 3 N–H and O–H groups in total. The van der Waals surface area contributed by atoms with E-state index in [-0.39, 0.29) is 51.8 Å². The van der Waals surface area contributed by atoms with E-state index < -0.39 is 29.2 Å². The van der Waals surface area contributed by atoms with Gasteiger partial charge in [0.2, 0.25) is 0 Å². The van der Waals surface area contributed by atoms with Crippen LogP contribution in [0.1, 0.15) is 12.6 Å². The molecule has 27 heavy (non-hydrogen) atoms. The molecule has 1 aromatic heterocycles. The second-order valence-corrected chi connectivity index (χ2v) is 7.47. The standard InChI is InChI=1S/C14H15N5O5S2.Na/c1-5-3-25-12-8(11(21)19(12)9(5)13(22)23)17-10(20)7(18-24-2)6-4-26-14(15)16-6;/h4,8,12H,3H2,1-2H3,(H2,15,16)(H,17,20)(H,22,23);/q;+1/p-1. The summed E-state index contributed by atoms with van der Waals surface area (Å²) in [6.45, 7) is 1.63. The third kappa shape index (κ3) is 3.99. The van der Waals surface area contributed by atoms with Gasteiger partial charge < -0.3 is 25.8 Å². The molecule has 2 aliphatic rings. The molecule has 2 atom stereocenters. The van der Waals surface area contributed by atoms with Gasteiger partial charge in [0.05, 0.1) is 11.7 Å². The third-order valence-electron chi connectivity index (χ3n) is 3.80. The molecule has 0 spiro atoms. The molecule has 1 saturated heterocycles. The molecule has 0 bridgehead atoms. The molecule has 3 rings (SSSR count). The van der Waals surface area contributed by atoms with Gasteiger partial charge in [0.1, 0.15) is 24.2 Å². The molecular weight excluding hydrogens is 405 g/mol. The first-order chi connectivity index (χ1) is 12.3. The smallest absolute Gasteiger partial charge is 0.543 e. The number of hydrogen-bond acceptors (Lipinski definition) is 10. The average molecular weight is 419 g/mol. The number of anilines is 1. The number of thioether (sulfide) groups is 1. The molecular formula is C14H14N5NaO5S2. The van der Waals surface area contributed by atoms with Crippen LogP contribution in [0.15, 0.2) is 21.8 Å². The Labute approximate surface area is 184 Å². The maximum Gasteiger partial charge on any atom is 1.00 e. The first-order valence-corrected chi connectivity index (χ1v) is 9.27. The third-order valence-corrected chi connectivity index (χ3v) is 5.90. The fraction of sp³-hybridized carbons (Fsp3) is 0.357. The van der Waals surface area contributed by atoms with Gasteiger partial charge in [-0.1, -0.05) is 5.16 Å². The fourth-order valence-corrected chi connectivity index (χ4v) is 4.50. The summed E-state index contributed by atoms with van der Waals surface area (Å²) >= 11 is 2.49. The number of nitrogens with zero attached hydrogens (tertiary/aromatic N) is 3. The molecule has 2 aliphatic heterocycles. The zero-order valence-electron chi connectivity index (χ0n) is 14.7. The van der Waals surface area contributed by atoms with Gasteiger partial charge in [0.15, 0.2) is 10.8 Å². The number of nitrogens with one attached hydrogen (secondary N) is 1. The molecule has 0 saturated carbocycles. The fourth-order valence-electron chi connectivity index (χ4n) is 2.66. The maximum atomic E-state index is 12.5. The SMILES string of the molecule is CON=C(C(=O)NC1C(=O)N2C(C(=O)[O-])=C(C)CSC12)c1csc(N)n1.[Na+]. The predicted molar refractivity (Wildman–Crippen MR) is 92.8 cm³/mol. The summed E-state index contributed by atoms with van der Waals surface area (Å²) in [5.41, 5.74) is 6.07. The molecule has 2 unspecified atom stereocenters. The first-order valence-electron chi connectivity index (χ1n) is 7.34. The summed E-state index contributed by atoms with van der Waals surface area (Å²) in [5, 5.41) is 18.8. The number of carboxylic acids is 1. The molecule has 0 aliphatic carbocycles. The predicted octanol–water partition coefficient (Wildman–Crippen LogP) is -4.50. The Hall–Kier alpha value is -1.60. The van der Waals surface area contributed by atoms with E-state index >= 15 is 0 Å². The number of thiazole rings is 1. The van der Waals surface area contributed by atoms with Crippen LogP contribution in [0.25, 0.3) is 0 Å². The number of β-lactam (4-membered cyclic amide) rings is 1. The van der Waals surface area contributed by atoms with Crippen molar-refractivity contribution in [1.29, 1.82) is 0 Å². The van der Waals surface area contributed by atoms with Crippen LogP contribution in [0.4, 0.5) is 5.13 Å². The van der Waals surface area contributed by atoms with Crippen molar-refractivity contribution in [1.82, 2.24) is 15.2 Å². The van der Waals surface area contributed by atoms with Crippen LogP contribution in [0.2, 0.25) is 0 Å². The Morgan fingerprint density at radius 2 is 2.22 bits per heavy atom. The van der Waals surface area contributed by atoms with E-state index in [2.05, 4.69) is 20.3 Å². The van der Waals surface area contributed by atoms with Gasteiger partial charge in [-0.05, 0) is 12.5 Å². The molecule has 10 nitrogen and oxygen atoms in total. The molecule has 0 aromatic carbocycles. The van der Waals surface area contributed by atoms with Crippen LogP contribution in [0.3, 0.4) is 0 Å². The Bertz CT molecular complexity index is 855. The number of oxime groups is 1. The summed E-state index contributed by atoms with van der Waals surface area (Å²) in [4.78, 5) is 46.0. The van der Waals surface area contributed by atoms with Crippen LogP contribution in [-0.4, -0.2) is 57.7 Å². The monoisotopic (exact) mass is 419 g/mol. The number of fused-ring (bicyclic) bond motifs is 1. The molecule has 3 heterocycles. The Morgan fingerprint density at radius 3 is 2.78 bits per heavy atom. The van der Waals surface area contributed by atoms with Crippen LogP contribution < -0.4 is 45.7 Å². The topological polar surface area (TPSA) is 150 Å². The van der Waals surface area contributed by atoms with Crippen molar-refractivity contribution in [3.05, 3.63) is 22.3 Å². The molecule has 138 valence electrons. The van der Waals surface area contributed by atoms with Crippen molar-refractivity contribution in [2.45, 2.75) is 18.3 Å². The molecule has 2 amide bonds. The number of carbonyl (C=O) groups is 3. The van der Waals surface area contributed by atoms with Gasteiger partial charge in [0, 0.05) is 11.1 Å². The van der Waals surface area contributed by atoms with E-state index in [4.69, 9.17) is 5.73 Å². The Kier molecular flexibility index (Phi) is 6.92. The molecule has 1 fully saturated rings. The minimum atomic E-state index is -1.41. The van der Waals surface area contributed by atoms with Gasteiger partial charge in [-0.2, -0.15) is 0 Å². The van der Waals surface area contributed by atoms with Crippen LogP contribution in [0, 0.1) is 0 Å². The average Bonchev–Trinajstić information content (AvgIpc) is 3.02. The minimum Gasteiger partial charge on any atom is -0.543 e. The number of aromatic nitrogens is 1. The number of nitrogen functional groups attached to an aromatic ring is 1. The Balaban J connectivity index is 0.00000261. The number of aliphatic carboxylic acids is 1. The second kappa shape index (κ2) is 8.61. The number of nitrogens with two attached hydrogens (primary N) is 1. The number of rotatable bonds is 5. The number of hydrogen-bond donors (Lipinski definition) is 2. The van der Waals surface area contributed by atoms with Crippen molar-refractivity contribution in [2.75, 3.05) is 18.6 Å². The molecule has 1 aromatic rings. The van der Waals surface area contributed by atoms with Gasteiger partial charge in [-0.3, -0.25) is 14.5 Å². The van der Waals surface area contributed by atoms with Crippen molar-refractivity contribution in [3.63, 3.8) is 0 Å². The van der Waals surface area contributed by atoms with Gasteiger partial charge in [-0.15, -0.1) is 23.1 Å². The van der Waals surface area contributed by atoms with E-state index in [1.165, 1.54) is 24.3 Å². The Morgan fingerprint density at radius 1 is 1.52 bits per heavy atom. The summed E-state index contributed by atoms with van der Waals surface area (Å²) in [7, 11) is 1.27. The van der Waals surface area contributed by atoms with Crippen LogP contribution in [-0.2, 0) is 19.2 Å². The summed E-state index contributed by atoms with van der Waals surface area (Å²) in [6.07, 6.45) is 0. The summed E-state index contributed by atoms with van der Waals surface area (Å²) in [5.74, 6) is -2.18. The number of carbonyl (C=O) groups excluding carboxylic acids is 3. The largest absolute Gasteiger partial charge is 1.00 e. The normalized spacial score (nSPS) is 21.8. The summed E-state index contributed by atoms with van der Waals surface area (Å²) in [6, 6.07) is -0.881. The zero-order chi connectivity index (χ0) is 19.0. The minimum absolute atomic E-state index is 0. The summed E-state index contributed by atoms with van der Waals surface area (Å²) < 4.78 is 0. The van der Waals surface area contributed by atoms with E-state index in [1.807, 2.05) is 0 Å². The van der Waals surface area contributed by atoms with E-state index in [0.29, 0.717) is 11.3 Å². The zero-order valence-corrected chi connectivity index (χ0v) is 18.3. The van der Waals surface area contributed by atoms with Crippen LogP contribution in [0.5, 0.6) is 0 Å². The second-order valence-electron chi connectivity index (χ2n) is 5.47. The molecule has 13 heteroatoms. The van der Waals surface area contributed by atoms with E-state index in [9.17, 15) is 19.5 Å². The van der Waals surface area contributed by atoms with Crippen molar-refractivity contribution in [2.24, 2.45) is 5.16 Å². The van der Waals surface area contributed by atoms with E-state index in [0.717, 1.165) is 16.2 Å². The maximum absolute atomic E-state index is 12.5. The van der Waals surface area contributed by atoms with Crippen molar-refractivity contribution < 1.29 is 53.9 Å². The number of amides is 2. The van der Waals surface area contributed by atoms with Gasteiger partial charge in [0.25, 0.3) is 11.8 Å². The van der Waals surface area contributed by atoms with Gasteiger partial charge in [-0.25, -0.2) is 4.98 Å². The van der Waals surface area contributed by atoms with Gasteiger partial charge >= 0.3 is 29.6 Å². The van der Waals surface area contributed by atoms with E-state index in [1.54, 1.807) is 6.92 Å². The molecule has 0 radical (unpaired) electrons. The van der Waals surface area contributed by atoms with Crippen LogP contribution >= 0.6 is 23.1 Å². The first kappa shape index (κ1) is 21.7. The van der Waals surface area contributed by atoms with Crippen molar-refractivity contribution >= 4 is 51.7 Å². The van der Waals surface area contributed by atoms with Crippen molar-refractivity contribution in [3.8, 4) is 0 Å². The number of carboxylic acid groups (broad SMARTS) is 1. The quantitative estimate of drug-likeness (QED) is 0.210.